The van der Waals surface area contributed by atoms with Gasteiger partial charge in [0, 0.05) is 22.7 Å². The number of aromatic nitrogens is 3. The second-order valence-electron chi connectivity index (χ2n) is 5.82. The van der Waals surface area contributed by atoms with Crippen molar-refractivity contribution < 1.29 is 4.79 Å². The standard InChI is InChI=1S/C19H17N5O/c1-13-22-17-8-4-5-9-18(17)24(13)12-19(25)23-21-11-14-10-20-16-7-3-2-6-15(14)16/h2-11,20H,12H2,1H3,(H,23,25)/b21-11+. The number of rotatable bonds is 4. The van der Waals surface area contributed by atoms with Gasteiger partial charge in [0.05, 0.1) is 17.2 Å². The first-order valence-electron chi connectivity index (χ1n) is 8.02. The monoisotopic (exact) mass is 331 g/mol. The summed E-state index contributed by atoms with van der Waals surface area (Å²) in [4.78, 5) is 19.9. The molecule has 0 aliphatic carbocycles. The molecule has 0 radical (unpaired) electrons. The molecule has 0 aliphatic rings. The zero-order chi connectivity index (χ0) is 17.2. The Hall–Kier alpha value is -3.41. The number of hydrazone groups is 1. The normalized spacial score (nSPS) is 11.6. The molecule has 0 unspecified atom stereocenters. The molecule has 0 saturated carbocycles. The van der Waals surface area contributed by atoms with Gasteiger partial charge in [-0.3, -0.25) is 4.79 Å². The molecule has 124 valence electrons. The van der Waals surface area contributed by atoms with Crippen LogP contribution in [0.25, 0.3) is 21.9 Å². The number of para-hydroxylation sites is 3. The highest BCUT2D eigenvalue weighted by Gasteiger charge is 2.10. The highest BCUT2D eigenvalue weighted by Crippen LogP contribution is 2.16. The first kappa shape index (κ1) is 15.1. The van der Waals surface area contributed by atoms with E-state index in [4.69, 9.17) is 0 Å². The van der Waals surface area contributed by atoms with E-state index < -0.39 is 0 Å². The van der Waals surface area contributed by atoms with Crippen molar-refractivity contribution in [2.24, 2.45) is 5.10 Å². The smallest absolute Gasteiger partial charge is 0.260 e. The number of nitrogens with one attached hydrogen (secondary N) is 2. The van der Waals surface area contributed by atoms with Crippen LogP contribution in [-0.2, 0) is 11.3 Å². The van der Waals surface area contributed by atoms with Gasteiger partial charge < -0.3 is 9.55 Å². The number of nitrogens with zero attached hydrogens (tertiary/aromatic N) is 3. The van der Waals surface area contributed by atoms with Crippen molar-refractivity contribution in [1.82, 2.24) is 20.0 Å². The molecule has 6 heteroatoms. The number of carbonyl (C=O) groups is 1. The molecule has 4 rings (SSSR count). The molecule has 0 atom stereocenters. The van der Waals surface area contributed by atoms with Crippen molar-refractivity contribution >= 4 is 34.1 Å². The Balaban J connectivity index is 1.48. The van der Waals surface area contributed by atoms with Crippen LogP contribution in [0.3, 0.4) is 0 Å². The maximum Gasteiger partial charge on any atom is 0.260 e. The van der Waals surface area contributed by atoms with E-state index in [1.165, 1.54) is 0 Å². The lowest BCUT2D eigenvalue weighted by molar-refractivity contribution is -0.121. The van der Waals surface area contributed by atoms with Crippen molar-refractivity contribution in [3.8, 4) is 0 Å². The average Bonchev–Trinajstić information content (AvgIpc) is 3.17. The van der Waals surface area contributed by atoms with Gasteiger partial charge in [-0.25, -0.2) is 10.4 Å². The summed E-state index contributed by atoms with van der Waals surface area (Å²) < 4.78 is 1.88. The molecule has 0 spiro atoms. The van der Waals surface area contributed by atoms with Crippen molar-refractivity contribution in [2.75, 3.05) is 0 Å². The van der Waals surface area contributed by atoms with E-state index in [2.05, 4.69) is 20.5 Å². The number of H-pyrrole nitrogens is 1. The molecule has 2 aromatic heterocycles. The van der Waals surface area contributed by atoms with E-state index >= 15 is 0 Å². The lowest BCUT2D eigenvalue weighted by Crippen LogP contribution is -2.23. The third-order valence-electron chi connectivity index (χ3n) is 4.16. The Bertz CT molecular complexity index is 1090. The number of hydrogen-bond acceptors (Lipinski definition) is 3. The van der Waals surface area contributed by atoms with E-state index in [0.717, 1.165) is 33.3 Å². The SMILES string of the molecule is Cc1nc2ccccc2n1CC(=O)N/N=C/c1c[nH]c2ccccc12. The highest BCUT2D eigenvalue weighted by atomic mass is 16.2. The second-order valence-corrected chi connectivity index (χ2v) is 5.82. The number of carbonyl (C=O) groups excluding carboxylic acids is 1. The minimum Gasteiger partial charge on any atom is -0.361 e. The number of imidazole rings is 1. The Morgan fingerprint density at radius 3 is 2.96 bits per heavy atom. The molecule has 0 saturated heterocycles. The van der Waals surface area contributed by atoms with Crippen LogP contribution in [0.4, 0.5) is 0 Å². The van der Waals surface area contributed by atoms with Gasteiger partial charge in [-0.05, 0) is 25.1 Å². The quantitative estimate of drug-likeness (QED) is 0.445. The zero-order valence-electron chi connectivity index (χ0n) is 13.7. The van der Waals surface area contributed by atoms with Crippen LogP contribution in [0.5, 0.6) is 0 Å². The molecule has 2 heterocycles. The number of aryl methyl sites for hydroxylation is 1. The fourth-order valence-electron chi connectivity index (χ4n) is 2.95. The minimum absolute atomic E-state index is 0.178. The van der Waals surface area contributed by atoms with E-state index in [1.807, 2.05) is 66.2 Å². The van der Waals surface area contributed by atoms with Crippen LogP contribution >= 0.6 is 0 Å². The van der Waals surface area contributed by atoms with Crippen LogP contribution < -0.4 is 5.43 Å². The van der Waals surface area contributed by atoms with Gasteiger partial charge in [0.2, 0.25) is 0 Å². The molecule has 2 aromatic carbocycles. The lowest BCUT2D eigenvalue weighted by Gasteiger charge is -2.05. The molecule has 0 bridgehead atoms. The number of fused-ring (bicyclic) bond motifs is 2. The summed E-state index contributed by atoms with van der Waals surface area (Å²) in [5.41, 5.74) is 6.38. The number of hydrogen-bond donors (Lipinski definition) is 2. The molecule has 4 aromatic rings. The van der Waals surface area contributed by atoms with E-state index in [-0.39, 0.29) is 12.5 Å². The van der Waals surface area contributed by atoms with Crippen molar-refractivity contribution in [2.45, 2.75) is 13.5 Å². The predicted molar refractivity (Wildman–Crippen MR) is 98.5 cm³/mol. The summed E-state index contributed by atoms with van der Waals surface area (Å²) in [6.45, 7) is 2.07. The maximum absolute atomic E-state index is 12.2. The molecule has 1 amide bonds. The molecular formula is C19H17N5O. The Kier molecular flexibility index (Phi) is 3.78. The van der Waals surface area contributed by atoms with Gasteiger partial charge >= 0.3 is 0 Å². The average molecular weight is 331 g/mol. The molecule has 25 heavy (non-hydrogen) atoms. The summed E-state index contributed by atoms with van der Waals surface area (Å²) in [5, 5.41) is 5.14. The topological polar surface area (TPSA) is 75.1 Å². The predicted octanol–water partition coefficient (Wildman–Crippen LogP) is 2.98. The van der Waals surface area contributed by atoms with E-state index in [9.17, 15) is 4.79 Å². The summed E-state index contributed by atoms with van der Waals surface area (Å²) in [6.07, 6.45) is 3.52. The number of aromatic amines is 1. The Morgan fingerprint density at radius 1 is 1.24 bits per heavy atom. The summed E-state index contributed by atoms with van der Waals surface area (Å²) >= 11 is 0. The van der Waals surface area contributed by atoms with Gasteiger partial charge in [-0.2, -0.15) is 5.10 Å². The van der Waals surface area contributed by atoms with Crippen molar-refractivity contribution in [3.05, 3.63) is 66.1 Å². The molecule has 2 N–H and O–H groups in total. The van der Waals surface area contributed by atoms with Crippen LogP contribution in [0.2, 0.25) is 0 Å². The fourth-order valence-corrected chi connectivity index (χ4v) is 2.95. The van der Waals surface area contributed by atoms with Gasteiger partial charge in [0.25, 0.3) is 5.91 Å². The summed E-state index contributed by atoms with van der Waals surface area (Å²) in [6, 6.07) is 15.7. The van der Waals surface area contributed by atoms with Crippen LogP contribution in [-0.4, -0.2) is 26.7 Å². The first-order valence-corrected chi connectivity index (χ1v) is 8.02. The van der Waals surface area contributed by atoms with Crippen LogP contribution in [0, 0.1) is 6.92 Å². The third kappa shape index (κ3) is 2.89. The third-order valence-corrected chi connectivity index (χ3v) is 4.16. The van der Waals surface area contributed by atoms with Crippen LogP contribution in [0.1, 0.15) is 11.4 Å². The van der Waals surface area contributed by atoms with Crippen molar-refractivity contribution in [1.29, 1.82) is 0 Å². The first-order chi connectivity index (χ1) is 12.2. The van der Waals surface area contributed by atoms with Gasteiger partial charge in [-0.15, -0.1) is 0 Å². The van der Waals surface area contributed by atoms with Gasteiger partial charge in [-0.1, -0.05) is 30.3 Å². The maximum atomic E-state index is 12.2. The Labute approximate surface area is 144 Å². The Morgan fingerprint density at radius 2 is 2.04 bits per heavy atom. The summed E-state index contributed by atoms with van der Waals surface area (Å²) in [7, 11) is 0. The molecule has 0 aliphatic heterocycles. The summed E-state index contributed by atoms with van der Waals surface area (Å²) in [5.74, 6) is 0.610. The van der Waals surface area contributed by atoms with Gasteiger partial charge in [0.1, 0.15) is 12.4 Å². The molecular weight excluding hydrogens is 314 g/mol. The minimum atomic E-state index is -0.192. The van der Waals surface area contributed by atoms with Crippen molar-refractivity contribution in [3.63, 3.8) is 0 Å². The zero-order valence-corrected chi connectivity index (χ0v) is 13.7. The van der Waals surface area contributed by atoms with E-state index in [1.54, 1.807) is 6.21 Å². The second kappa shape index (κ2) is 6.24. The number of benzene rings is 2. The fraction of sp³-hybridized carbons (Fsp3) is 0.105. The molecule has 6 nitrogen and oxygen atoms in total. The highest BCUT2D eigenvalue weighted by molar-refractivity contribution is 5.99. The largest absolute Gasteiger partial charge is 0.361 e. The molecule has 0 fully saturated rings. The van der Waals surface area contributed by atoms with Crippen LogP contribution in [0.15, 0.2) is 59.8 Å². The van der Waals surface area contributed by atoms with Gasteiger partial charge in [0.15, 0.2) is 0 Å². The number of amides is 1. The lowest BCUT2D eigenvalue weighted by atomic mass is 10.2. The van der Waals surface area contributed by atoms with E-state index in [0.29, 0.717) is 0 Å².